The van der Waals surface area contributed by atoms with Gasteiger partial charge in [0.05, 0.1) is 6.54 Å². The molecule has 1 saturated heterocycles. The molecule has 0 saturated carbocycles. The first-order valence-corrected chi connectivity index (χ1v) is 3.60. The molecule has 1 atom stereocenters. The van der Waals surface area contributed by atoms with Crippen LogP contribution >= 0.6 is 0 Å². The van der Waals surface area contributed by atoms with Gasteiger partial charge in [0.2, 0.25) is 0 Å². The molecule has 82 valence electrons. The predicted molar refractivity (Wildman–Crippen MR) is 40.1 cm³/mol. The van der Waals surface area contributed by atoms with Crippen molar-refractivity contribution in [3.05, 3.63) is 0 Å². The summed E-state index contributed by atoms with van der Waals surface area (Å²) in [6, 6.07) is -1.38. The van der Waals surface area contributed by atoms with Gasteiger partial charge >= 0.3 is 17.9 Å². The van der Waals surface area contributed by atoms with Gasteiger partial charge in [-0.15, -0.1) is 6.42 Å². The van der Waals surface area contributed by atoms with Gasteiger partial charge in [0.15, 0.2) is 0 Å². The maximum absolute atomic E-state index is 12.2. The van der Waals surface area contributed by atoms with Crippen LogP contribution in [0.3, 0.4) is 0 Å². The number of carbonyl (C=O) groups is 2. The molecule has 0 spiro atoms. The molecule has 1 unspecified atom stereocenters. The fourth-order valence-corrected chi connectivity index (χ4v) is 0.990. The monoisotopic (exact) mass is 222 g/mol. The summed E-state index contributed by atoms with van der Waals surface area (Å²) in [6.45, 7) is -0.636. The molecule has 0 aliphatic carbocycles. The highest BCUT2D eigenvalue weighted by Crippen LogP contribution is 2.33. The lowest BCUT2D eigenvalue weighted by molar-refractivity contribution is -0.254. The van der Waals surface area contributed by atoms with Gasteiger partial charge in [-0.25, -0.2) is 9.69 Å². The number of urea groups is 1. The van der Waals surface area contributed by atoms with Crippen molar-refractivity contribution in [2.24, 2.45) is 0 Å². The molecule has 3 amide bonds. The van der Waals surface area contributed by atoms with Gasteiger partial charge in [0.25, 0.3) is 5.91 Å². The third-order valence-electron chi connectivity index (χ3n) is 1.75. The zero-order chi connectivity index (χ0) is 11.9. The average molecular weight is 222 g/mol. The Bertz CT molecular complexity index is 359. The molecule has 0 radical (unpaired) electrons. The number of imide groups is 1. The largest absolute Gasteiger partial charge is 0.446 e. The highest BCUT2D eigenvalue weighted by atomic mass is 19.4. The van der Waals surface area contributed by atoms with Gasteiger partial charge < -0.3 is 5.11 Å². The molecule has 0 aromatic rings. The fourth-order valence-electron chi connectivity index (χ4n) is 0.990. The number of carbonyl (C=O) groups excluding carboxylic acids is 2. The van der Waals surface area contributed by atoms with Crippen molar-refractivity contribution >= 4 is 11.9 Å². The minimum absolute atomic E-state index is 0.105. The van der Waals surface area contributed by atoms with E-state index in [9.17, 15) is 22.8 Å². The maximum atomic E-state index is 12.2. The van der Waals surface area contributed by atoms with Crippen LogP contribution in [0.4, 0.5) is 18.0 Å². The Morgan fingerprint density at radius 3 is 2.40 bits per heavy atom. The van der Waals surface area contributed by atoms with Gasteiger partial charge in [0, 0.05) is 0 Å². The summed E-state index contributed by atoms with van der Waals surface area (Å²) in [4.78, 5) is 22.0. The fraction of sp³-hybridized carbons (Fsp3) is 0.429. The summed E-state index contributed by atoms with van der Waals surface area (Å²) >= 11 is 0. The molecule has 1 fully saturated rings. The van der Waals surface area contributed by atoms with Crippen molar-refractivity contribution in [3.63, 3.8) is 0 Å². The van der Waals surface area contributed by atoms with Gasteiger partial charge in [-0.2, -0.15) is 13.2 Å². The van der Waals surface area contributed by atoms with Gasteiger partial charge in [0.1, 0.15) is 0 Å². The first-order chi connectivity index (χ1) is 6.74. The van der Waals surface area contributed by atoms with Crippen LogP contribution in [0.5, 0.6) is 0 Å². The molecule has 1 aliphatic heterocycles. The zero-order valence-corrected chi connectivity index (χ0v) is 7.13. The second kappa shape index (κ2) is 3.13. The topological polar surface area (TPSA) is 69.6 Å². The SMILES string of the molecule is C#CCN1C(=O)NC(O)(C(F)(F)F)C1=O. The predicted octanol–water partition coefficient (Wildman–Crippen LogP) is -0.578. The molecule has 0 aromatic heterocycles. The van der Waals surface area contributed by atoms with E-state index >= 15 is 0 Å². The Hall–Kier alpha value is -1.75. The Labute approximate surface area is 81.8 Å². The summed E-state index contributed by atoms with van der Waals surface area (Å²) in [5.74, 6) is 0.00414. The number of hydrogen-bond acceptors (Lipinski definition) is 3. The van der Waals surface area contributed by atoms with Crippen molar-refractivity contribution < 1.29 is 27.9 Å². The van der Waals surface area contributed by atoms with Crippen LogP contribution in [0.15, 0.2) is 0 Å². The van der Waals surface area contributed by atoms with Gasteiger partial charge in [-0.3, -0.25) is 10.1 Å². The van der Waals surface area contributed by atoms with Crippen LogP contribution < -0.4 is 5.32 Å². The number of nitrogens with one attached hydrogen (secondary N) is 1. The van der Waals surface area contributed by atoms with Crippen molar-refractivity contribution in [1.29, 1.82) is 0 Å². The van der Waals surface area contributed by atoms with E-state index in [1.165, 1.54) is 0 Å². The number of terminal acetylenes is 1. The highest BCUT2D eigenvalue weighted by Gasteiger charge is 2.67. The summed E-state index contributed by atoms with van der Waals surface area (Å²) in [5, 5.41) is 10.1. The van der Waals surface area contributed by atoms with E-state index in [2.05, 4.69) is 0 Å². The van der Waals surface area contributed by atoms with Crippen molar-refractivity contribution in [1.82, 2.24) is 10.2 Å². The molecule has 0 bridgehead atoms. The number of alkyl halides is 3. The number of hydrogen-bond donors (Lipinski definition) is 2. The summed E-state index contributed by atoms with van der Waals surface area (Å²) < 4.78 is 36.7. The minimum Gasteiger partial charge on any atom is -0.356 e. The molecular formula is C7H5F3N2O3. The van der Waals surface area contributed by atoms with Gasteiger partial charge in [-0.05, 0) is 0 Å². The van der Waals surface area contributed by atoms with Crippen LogP contribution in [0.1, 0.15) is 0 Å². The molecule has 1 rings (SSSR count). The Morgan fingerprint density at radius 1 is 1.53 bits per heavy atom. The number of nitrogens with zero attached hydrogens (tertiary/aromatic N) is 1. The molecule has 1 heterocycles. The lowest BCUT2D eigenvalue weighted by Gasteiger charge is -2.22. The normalized spacial score (nSPS) is 26.5. The van der Waals surface area contributed by atoms with Crippen LogP contribution in [0.2, 0.25) is 0 Å². The number of halogens is 3. The van der Waals surface area contributed by atoms with E-state index < -0.39 is 30.4 Å². The molecule has 8 heteroatoms. The Kier molecular flexibility index (Phi) is 2.36. The Morgan fingerprint density at radius 2 is 2.07 bits per heavy atom. The van der Waals surface area contributed by atoms with Crippen LogP contribution in [0, 0.1) is 12.3 Å². The van der Waals surface area contributed by atoms with E-state index in [0.29, 0.717) is 0 Å². The molecule has 2 N–H and O–H groups in total. The van der Waals surface area contributed by atoms with Crippen LogP contribution in [0.25, 0.3) is 0 Å². The van der Waals surface area contributed by atoms with E-state index in [1.54, 1.807) is 0 Å². The van der Waals surface area contributed by atoms with Crippen molar-refractivity contribution in [2.75, 3.05) is 6.54 Å². The van der Waals surface area contributed by atoms with Crippen LogP contribution in [-0.2, 0) is 4.79 Å². The van der Waals surface area contributed by atoms with E-state index in [0.717, 1.165) is 5.32 Å². The maximum Gasteiger partial charge on any atom is 0.446 e. The van der Waals surface area contributed by atoms with Crippen LogP contribution in [-0.4, -0.2) is 40.4 Å². The molecule has 15 heavy (non-hydrogen) atoms. The third kappa shape index (κ3) is 1.50. The number of aliphatic hydroxyl groups is 1. The van der Waals surface area contributed by atoms with E-state index in [4.69, 9.17) is 11.5 Å². The van der Waals surface area contributed by atoms with Gasteiger partial charge in [-0.1, -0.05) is 5.92 Å². The standard InChI is InChI=1S/C7H5F3N2O3/c1-2-3-12-4(13)6(15,7(8,9)10)11-5(12)14/h1,15H,3H2,(H,11,14). The first kappa shape index (κ1) is 11.3. The second-order valence-electron chi connectivity index (χ2n) is 2.73. The second-order valence-corrected chi connectivity index (χ2v) is 2.73. The highest BCUT2D eigenvalue weighted by molar-refractivity contribution is 6.06. The minimum atomic E-state index is -5.29. The van der Waals surface area contributed by atoms with E-state index in [-0.39, 0.29) is 4.90 Å². The Balaban J connectivity index is 3.06. The number of rotatable bonds is 1. The summed E-state index contributed by atoms with van der Waals surface area (Å²) in [5.41, 5.74) is -3.87. The quantitative estimate of drug-likeness (QED) is 0.460. The van der Waals surface area contributed by atoms with E-state index in [1.807, 2.05) is 5.92 Å². The van der Waals surface area contributed by atoms with Crippen molar-refractivity contribution in [2.45, 2.75) is 11.9 Å². The third-order valence-corrected chi connectivity index (χ3v) is 1.75. The summed E-state index contributed by atoms with van der Waals surface area (Å²) in [7, 11) is 0. The first-order valence-electron chi connectivity index (χ1n) is 3.60. The average Bonchev–Trinajstić information content (AvgIpc) is 2.29. The number of amides is 3. The van der Waals surface area contributed by atoms with Crippen molar-refractivity contribution in [3.8, 4) is 12.3 Å². The molecule has 1 aliphatic rings. The summed E-state index contributed by atoms with van der Waals surface area (Å²) in [6.07, 6.45) is -0.545. The lowest BCUT2D eigenvalue weighted by Crippen LogP contribution is -2.58. The smallest absolute Gasteiger partial charge is 0.356 e. The molecule has 5 nitrogen and oxygen atoms in total. The molecule has 0 aromatic carbocycles. The lowest BCUT2D eigenvalue weighted by atomic mass is 10.2. The molecular weight excluding hydrogens is 217 g/mol. The zero-order valence-electron chi connectivity index (χ0n) is 7.13.